The van der Waals surface area contributed by atoms with Crippen LogP contribution in [0.4, 0.5) is 4.79 Å². The maximum absolute atomic E-state index is 12.3. The van der Waals surface area contributed by atoms with Crippen LogP contribution in [0, 0.1) is 5.92 Å². The minimum Gasteiger partial charge on any atom is -0.445 e. The van der Waals surface area contributed by atoms with Crippen molar-refractivity contribution in [1.29, 1.82) is 0 Å². The molecule has 0 saturated carbocycles. The Morgan fingerprint density at radius 2 is 1.67 bits per heavy atom. The molecular formula is C19H23ClN2O2. The van der Waals surface area contributed by atoms with Crippen LogP contribution in [-0.2, 0) is 11.3 Å². The van der Waals surface area contributed by atoms with Crippen LogP contribution in [0.25, 0.3) is 0 Å². The van der Waals surface area contributed by atoms with Crippen LogP contribution in [-0.4, -0.2) is 30.6 Å². The number of hydrogen-bond acceptors (Lipinski definition) is 3. The summed E-state index contributed by atoms with van der Waals surface area (Å²) in [6, 6.07) is 20.0. The van der Waals surface area contributed by atoms with Gasteiger partial charge in [0.1, 0.15) is 6.61 Å². The quantitative estimate of drug-likeness (QED) is 0.922. The van der Waals surface area contributed by atoms with Gasteiger partial charge in [0.2, 0.25) is 0 Å². The van der Waals surface area contributed by atoms with Gasteiger partial charge in [-0.15, -0.1) is 12.4 Å². The van der Waals surface area contributed by atoms with E-state index < -0.39 is 0 Å². The molecule has 1 heterocycles. The van der Waals surface area contributed by atoms with E-state index in [0.717, 1.165) is 5.56 Å². The van der Waals surface area contributed by atoms with Gasteiger partial charge >= 0.3 is 6.09 Å². The molecule has 2 aromatic carbocycles. The van der Waals surface area contributed by atoms with Gasteiger partial charge < -0.3 is 15.4 Å². The van der Waals surface area contributed by atoms with Gasteiger partial charge in [0.05, 0.1) is 0 Å². The Labute approximate surface area is 149 Å². The summed E-state index contributed by atoms with van der Waals surface area (Å²) in [7, 11) is 0. The zero-order chi connectivity index (χ0) is 16.1. The Kier molecular flexibility index (Phi) is 6.64. The highest BCUT2D eigenvalue weighted by atomic mass is 35.5. The number of amides is 1. The van der Waals surface area contributed by atoms with Crippen LogP contribution in [0.3, 0.4) is 0 Å². The molecule has 1 aliphatic rings. The Bertz CT molecular complexity index is 636. The van der Waals surface area contributed by atoms with Gasteiger partial charge in [-0.3, -0.25) is 0 Å². The Morgan fingerprint density at radius 3 is 2.29 bits per heavy atom. The third kappa shape index (κ3) is 4.28. The van der Waals surface area contributed by atoms with Gasteiger partial charge in [0.25, 0.3) is 0 Å². The van der Waals surface area contributed by atoms with Crippen molar-refractivity contribution in [1.82, 2.24) is 4.90 Å². The molecule has 3 rings (SSSR count). The van der Waals surface area contributed by atoms with Crippen LogP contribution in [0.15, 0.2) is 60.7 Å². The minimum absolute atomic E-state index is 0. The van der Waals surface area contributed by atoms with Crippen LogP contribution >= 0.6 is 12.4 Å². The van der Waals surface area contributed by atoms with E-state index in [1.165, 1.54) is 5.56 Å². The first kappa shape index (κ1) is 18.3. The molecule has 0 spiro atoms. The van der Waals surface area contributed by atoms with Crippen LogP contribution in [0.5, 0.6) is 0 Å². The Hall–Kier alpha value is -2.04. The fraction of sp³-hybridized carbons (Fsp3) is 0.316. The third-order valence-electron chi connectivity index (χ3n) is 4.43. The van der Waals surface area contributed by atoms with Crippen molar-refractivity contribution in [3.8, 4) is 0 Å². The molecule has 4 nitrogen and oxygen atoms in total. The molecule has 1 amide bonds. The maximum atomic E-state index is 12.3. The Morgan fingerprint density at radius 1 is 1.04 bits per heavy atom. The molecule has 2 aromatic rings. The average molecular weight is 347 g/mol. The van der Waals surface area contributed by atoms with Gasteiger partial charge in [-0.25, -0.2) is 4.79 Å². The average Bonchev–Trinajstić information content (AvgIpc) is 3.06. The number of nitrogens with two attached hydrogens (primary N) is 1. The molecule has 1 fully saturated rings. The van der Waals surface area contributed by atoms with E-state index in [4.69, 9.17) is 10.5 Å². The SMILES string of the molecule is Cl.NC[C@@H]1CN(C(=O)OCc2ccccc2)C[C@H]1c1ccccc1. The molecule has 0 bridgehead atoms. The third-order valence-corrected chi connectivity index (χ3v) is 4.43. The van der Waals surface area contributed by atoms with Gasteiger partial charge in [-0.05, 0) is 23.6 Å². The van der Waals surface area contributed by atoms with Crippen molar-refractivity contribution >= 4 is 18.5 Å². The van der Waals surface area contributed by atoms with E-state index in [0.29, 0.717) is 26.2 Å². The van der Waals surface area contributed by atoms with E-state index in [1.807, 2.05) is 48.5 Å². The first-order chi connectivity index (χ1) is 11.3. The van der Waals surface area contributed by atoms with Gasteiger partial charge in [-0.1, -0.05) is 60.7 Å². The monoisotopic (exact) mass is 346 g/mol. The highest BCUT2D eigenvalue weighted by Gasteiger charge is 2.35. The molecule has 5 heteroatoms. The summed E-state index contributed by atoms with van der Waals surface area (Å²) >= 11 is 0. The molecule has 128 valence electrons. The number of halogens is 1. The summed E-state index contributed by atoms with van der Waals surface area (Å²) in [5.74, 6) is 0.562. The lowest BCUT2D eigenvalue weighted by atomic mass is 9.89. The number of benzene rings is 2. The lowest BCUT2D eigenvalue weighted by Crippen LogP contribution is -2.30. The summed E-state index contributed by atoms with van der Waals surface area (Å²) < 4.78 is 5.44. The van der Waals surface area contributed by atoms with E-state index in [-0.39, 0.29) is 30.3 Å². The van der Waals surface area contributed by atoms with Crippen LogP contribution < -0.4 is 5.73 Å². The van der Waals surface area contributed by atoms with Crippen molar-refractivity contribution < 1.29 is 9.53 Å². The summed E-state index contributed by atoms with van der Waals surface area (Å²) in [5, 5.41) is 0. The number of likely N-dealkylation sites (tertiary alicyclic amines) is 1. The van der Waals surface area contributed by atoms with Crippen molar-refractivity contribution in [3.63, 3.8) is 0 Å². The van der Waals surface area contributed by atoms with Crippen LogP contribution in [0.1, 0.15) is 17.0 Å². The number of nitrogens with zero attached hydrogens (tertiary/aromatic N) is 1. The number of carbonyl (C=O) groups excluding carboxylic acids is 1. The molecular weight excluding hydrogens is 324 g/mol. The number of ether oxygens (including phenoxy) is 1. The van der Waals surface area contributed by atoms with Crippen LogP contribution in [0.2, 0.25) is 0 Å². The zero-order valence-electron chi connectivity index (χ0n) is 13.5. The molecule has 0 unspecified atom stereocenters. The van der Waals surface area contributed by atoms with Crippen molar-refractivity contribution in [2.24, 2.45) is 11.7 Å². The maximum Gasteiger partial charge on any atom is 0.410 e. The van der Waals surface area contributed by atoms with E-state index >= 15 is 0 Å². The smallest absolute Gasteiger partial charge is 0.410 e. The van der Waals surface area contributed by atoms with Crippen molar-refractivity contribution in [3.05, 3.63) is 71.8 Å². The Balaban J connectivity index is 0.00000208. The van der Waals surface area contributed by atoms with Gasteiger partial charge in [-0.2, -0.15) is 0 Å². The number of carbonyl (C=O) groups is 1. The van der Waals surface area contributed by atoms with E-state index in [2.05, 4.69) is 12.1 Å². The molecule has 2 N–H and O–H groups in total. The minimum atomic E-state index is -0.259. The van der Waals surface area contributed by atoms with E-state index in [9.17, 15) is 4.79 Å². The second kappa shape index (κ2) is 8.71. The molecule has 24 heavy (non-hydrogen) atoms. The second-order valence-corrected chi connectivity index (χ2v) is 5.96. The standard InChI is InChI=1S/C19H22N2O2.ClH/c20-11-17-12-21(13-18(17)16-9-5-2-6-10-16)19(22)23-14-15-7-3-1-4-8-15;/h1-10,17-18H,11-14,20H2;1H/t17-,18+;/m1./s1. The lowest BCUT2D eigenvalue weighted by Gasteiger charge is -2.16. The van der Waals surface area contributed by atoms with Gasteiger partial charge in [0, 0.05) is 19.0 Å². The predicted octanol–water partition coefficient (Wildman–Crippen LogP) is 3.42. The number of rotatable bonds is 4. The topological polar surface area (TPSA) is 55.6 Å². The first-order valence-electron chi connectivity index (χ1n) is 7.98. The molecule has 1 aliphatic heterocycles. The molecule has 0 aromatic heterocycles. The summed E-state index contributed by atoms with van der Waals surface area (Å²) in [4.78, 5) is 14.1. The molecule has 2 atom stereocenters. The fourth-order valence-corrected chi connectivity index (χ4v) is 3.15. The first-order valence-corrected chi connectivity index (χ1v) is 7.98. The molecule has 0 aliphatic carbocycles. The number of hydrogen-bond donors (Lipinski definition) is 1. The van der Waals surface area contributed by atoms with Crippen molar-refractivity contribution in [2.45, 2.75) is 12.5 Å². The molecule has 0 radical (unpaired) electrons. The summed E-state index contributed by atoms with van der Waals surface area (Å²) in [6.45, 7) is 2.20. The fourth-order valence-electron chi connectivity index (χ4n) is 3.15. The zero-order valence-corrected chi connectivity index (χ0v) is 14.3. The second-order valence-electron chi connectivity index (χ2n) is 5.96. The van der Waals surface area contributed by atoms with Crippen molar-refractivity contribution in [2.75, 3.05) is 19.6 Å². The predicted molar refractivity (Wildman–Crippen MR) is 97.2 cm³/mol. The summed E-state index contributed by atoms with van der Waals surface area (Å²) in [6.07, 6.45) is -0.259. The largest absolute Gasteiger partial charge is 0.445 e. The molecule has 1 saturated heterocycles. The summed E-state index contributed by atoms with van der Waals surface area (Å²) in [5.41, 5.74) is 8.14. The highest BCUT2D eigenvalue weighted by molar-refractivity contribution is 5.85. The highest BCUT2D eigenvalue weighted by Crippen LogP contribution is 2.32. The lowest BCUT2D eigenvalue weighted by molar-refractivity contribution is 0.103. The normalized spacial score (nSPS) is 19.6. The van der Waals surface area contributed by atoms with E-state index in [1.54, 1.807) is 4.90 Å². The van der Waals surface area contributed by atoms with Gasteiger partial charge in [0.15, 0.2) is 0 Å².